The standard InChI is InChI=1S/C11H14F6N2O4/c1-23-7(20)6(19-9(22)11(15,16)17)4-2-3-5-18-8(21)10(12,13)14/h6H,2-5H2,1H3,(H,18,21)(H,19,22)/t6-/m1/s1. The van der Waals surface area contributed by atoms with Gasteiger partial charge in [-0.15, -0.1) is 0 Å². The van der Waals surface area contributed by atoms with E-state index < -0.39 is 36.2 Å². The topological polar surface area (TPSA) is 84.5 Å². The van der Waals surface area contributed by atoms with E-state index in [0.29, 0.717) is 0 Å². The first-order valence-electron chi connectivity index (χ1n) is 6.20. The van der Waals surface area contributed by atoms with Gasteiger partial charge in [0.25, 0.3) is 0 Å². The summed E-state index contributed by atoms with van der Waals surface area (Å²) in [4.78, 5) is 32.5. The van der Waals surface area contributed by atoms with E-state index in [-0.39, 0.29) is 25.8 Å². The third kappa shape index (κ3) is 8.26. The lowest BCUT2D eigenvalue weighted by molar-refractivity contribution is -0.175. The SMILES string of the molecule is COC(=O)[C@@H](CCCCNC(=O)C(F)(F)F)NC(=O)C(F)(F)F. The van der Waals surface area contributed by atoms with E-state index in [4.69, 9.17) is 0 Å². The van der Waals surface area contributed by atoms with Gasteiger partial charge in [0, 0.05) is 6.54 Å². The first-order valence-corrected chi connectivity index (χ1v) is 6.20. The summed E-state index contributed by atoms with van der Waals surface area (Å²) in [5, 5.41) is 2.98. The summed E-state index contributed by atoms with van der Waals surface area (Å²) in [6.07, 6.45) is -10.6. The maximum atomic E-state index is 12.1. The van der Waals surface area contributed by atoms with Gasteiger partial charge in [-0.1, -0.05) is 0 Å². The Morgan fingerprint density at radius 1 is 0.957 bits per heavy atom. The van der Waals surface area contributed by atoms with E-state index in [1.165, 1.54) is 5.32 Å². The summed E-state index contributed by atoms with van der Waals surface area (Å²) in [5.41, 5.74) is 0. The van der Waals surface area contributed by atoms with Gasteiger partial charge in [-0.2, -0.15) is 26.3 Å². The molecule has 6 nitrogen and oxygen atoms in total. The summed E-state index contributed by atoms with van der Waals surface area (Å²) in [6.45, 7) is -0.389. The van der Waals surface area contributed by atoms with Crippen LogP contribution < -0.4 is 10.6 Å². The van der Waals surface area contributed by atoms with E-state index in [1.807, 2.05) is 0 Å². The molecule has 0 heterocycles. The number of unbranched alkanes of at least 4 members (excludes halogenated alkanes) is 1. The molecular weight excluding hydrogens is 338 g/mol. The minimum atomic E-state index is -5.19. The van der Waals surface area contributed by atoms with Gasteiger partial charge in [0.2, 0.25) is 0 Å². The zero-order chi connectivity index (χ0) is 18.3. The van der Waals surface area contributed by atoms with Crippen LogP contribution in [0.15, 0.2) is 0 Å². The number of ether oxygens (including phenoxy) is 1. The molecule has 0 radical (unpaired) electrons. The van der Waals surface area contributed by atoms with Crippen molar-refractivity contribution in [3.05, 3.63) is 0 Å². The number of esters is 1. The molecule has 0 fully saturated rings. The number of methoxy groups -OCH3 is 1. The van der Waals surface area contributed by atoms with Crippen LogP contribution in [0, 0.1) is 0 Å². The summed E-state index contributed by atoms with van der Waals surface area (Å²) >= 11 is 0. The van der Waals surface area contributed by atoms with Gasteiger partial charge >= 0.3 is 30.1 Å². The van der Waals surface area contributed by atoms with Crippen LogP contribution in [0.3, 0.4) is 0 Å². The number of halogens is 6. The number of carbonyl (C=O) groups excluding carboxylic acids is 3. The first-order chi connectivity index (χ1) is 10.4. The average molecular weight is 352 g/mol. The van der Waals surface area contributed by atoms with Gasteiger partial charge in [0.1, 0.15) is 6.04 Å². The van der Waals surface area contributed by atoms with Crippen molar-refractivity contribution in [1.82, 2.24) is 10.6 Å². The van der Waals surface area contributed by atoms with Crippen molar-refractivity contribution in [2.75, 3.05) is 13.7 Å². The largest absolute Gasteiger partial charge is 0.471 e. The molecule has 23 heavy (non-hydrogen) atoms. The number of amides is 2. The highest BCUT2D eigenvalue weighted by Crippen LogP contribution is 2.16. The number of hydrogen-bond donors (Lipinski definition) is 2. The fourth-order valence-electron chi connectivity index (χ4n) is 1.41. The Labute approximate surface area is 126 Å². The maximum absolute atomic E-state index is 12.1. The predicted octanol–water partition coefficient (Wildman–Crippen LogP) is 1.06. The Balaban J connectivity index is 4.30. The molecule has 0 aliphatic carbocycles. The van der Waals surface area contributed by atoms with E-state index in [2.05, 4.69) is 4.74 Å². The molecule has 12 heteroatoms. The average Bonchev–Trinajstić information content (AvgIpc) is 2.42. The van der Waals surface area contributed by atoms with E-state index in [1.54, 1.807) is 5.32 Å². The van der Waals surface area contributed by atoms with Gasteiger partial charge in [0.15, 0.2) is 0 Å². The third-order valence-corrected chi connectivity index (χ3v) is 2.51. The highest BCUT2D eigenvalue weighted by molar-refractivity contribution is 5.87. The Morgan fingerprint density at radius 3 is 1.91 bits per heavy atom. The number of nitrogens with one attached hydrogen (secondary N) is 2. The second kappa shape index (κ2) is 8.58. The van der Waals surface area contributed by atoms with Crippen molar-refractivity contribution in [3.8, 4) is 0 Å². The Morgan fingerprint density at radius 2 is 1.48 bits per heavy atom. The lowest BCUT2D eigenvalue weighted by Gasteiger charge is -2.17. The summed E-state index contributed by atoms with van der Waals surface area (Å²) in [5.74, 6) is -5.60. The highest BCUT2D eigenvalue weighted by atomic mass is 19.4. The summed E-state index contributed by atoms with van der Waals surface area (Å²) in [6, 6.07) is -1.59. The molecule has 0 aliphatic rings. The van der Waals surface area contributed by atoms with Crippen LogP contribution >= 0.6 is 0 Å². The minimum Gasteiger partial charge on any atom is -0.467 e. The fourth-order valence-corrected chi connectivity index (χ4v) is 1.41. The lowest BCUT2D eigenvalue weighted by atomic mass is 10.1. The molecule has 134 valence electrons. The van der Waals surface area contributed by atoms with Gasteiger partial charge in [-0.05, 0) is 19.3 Å². The van der Waals surface area contributed by atoms with Crippen molar-refractivity contribution in [1.29, 1.82) is 0 Å². The van der Waals surface area contributed by atoms with Crippen LogP contribution in [-0.4, -0.2) is 49.8 Å². The van der Waals surface area contributed by atoms with Crippen LogP contribution in [0.1, 0.15) is 19.3 Å². The second-order valence-corrected chi connectivity index (χ2v) is 4.30. The number of alkyl halides is 6. The quantitative estimate of drug-likeness (QED) is 0.408. The Bertz CT molecular complexity index is 435. The molecule has 0 rings (SSSR count). The number of carbonyl (C=O) groups is 3. The molecule has 0 unspecified atom stereocenters. The monoisotopic (exact) mass is 352 g/mol. The van der Waals surface area contributed by atoms with E-state index in [9.17, 15) is 40.7 Å². The van der Waals surface area contributed by atoms with Gasteiger partial charge in [-0.25, -0.2) is 4.79 Å². The van der Waals surface area contributed by atoms with Gasteiger partial charge < -0.3 is 15.4 Å². The summed E-state index contributed by atoms with van der Waals surface area (Å²) in [7, 11) is 0.901. The Kier molecular flexibility index (Phi) is 7.83. The first kappa shape index (κ1) is 21.0. The molecule has 2 amide bonds. The normalized spacial score (nSPS) is 13.2. The van der Waals surface area contributed by atoms with Crippen LogP contribution in [0.25, 0.3) is 0 Å². The molecular formula is C11H14F6N2O4. The van der Waals surface area contributed by atoms with E-state index >= 15 is 0 Å². The predicted molar refractivity (Wildman–Crippen MR) is 62.9 cm³/mol. The second-order valence-electron chi connectivity index (χ2n) is 4.30. The molecule has 0 bridgehead atoms. The molecule has 0 aromatic heterocycles. The van der Waals surface area contributed by atoms with Crippen LogP contribution in [0.4, 0.5) is 26.3 Å². The fraction of sp³-hybridized carbons (Fsp3) is 0.727. The maximum Gasteiger partial charge on any atom is 0.471 e. The molecule has 2 N–H and O–H groups in total. The van der Waals surface area contributed by atoms with Crippen LogP contribution in [0.2, 0.25) is 0 Å². The zero-order valence-electron chi connectivity index (χ0n) is 11.8. The van der Waals surface area contributed by atoms with Crippen molar-refractivity contribution in [3.63, 3.8) is 0 Å². The third-order valence-electron chi connectivity index (χ3n) is 2.51. The van der Waals surface area contributed by atoms with Crippen molar-refractivity contribution in [2.24, 2.45) is 0 Å². The van der Waals surface area contributed by atoms with Crippen molar-refractivity contribution in [2.45, 2.75) is 37.7 Å². The number of hydrogen-bond acceptors (Lipinski definition) is 4. The molecule has 0 saturated heterocycles. The van der Waals surface area contributed by atoms with Gasteiger partial charge in [0.05, 0.1) is 7.11 Å². The van der Waals surface area contributed by atoms with E-state index in [0.717, 1.165) is 7.11 Å². The Hall–Kier alpha value is -2.01. The minimum absolute atomic E-state index is 0.0317. The molecule has 0 aromatic rings. The van der Waals surface area contributed by atoms with Crippen LogP contribution in [0.5, 0.6) is 0 Å². The van der Waals surface area contributed by atoms with Crippen molar-refractivity contribution >= 4 is 17.8 Å². The van der Waals surface area contributed by atoms with Gasteiger partial charge in [-0.3, -0.25) is 9.59 Å². The highest BCUT2D eigenvalue weighted by Gasteiger charge is 2.41. The molecule has 0 aromatic carbocycles. The lowest BCUT2D eigenvalue weighted by Crippen LogP contribution is -2.47. The smallest absolute Gasteiger partial charge is 0.467 e. The molecule has 1 atom stereocenters. The molecule has 0 spiro atoms. The number of rotatable bonds is 7. The molecule has 0 saturated carbocycles. The zero-order valence-corrected chi connectivity index (χ0v) is 11.8. The molecule has 0 aliphatic heterocycles. The van der Waals surface area contributed by atoms with Crippen molar-refractivity contribution < 1.29 is 45.5 Å². The van der Waals surface area contributed by atoms with Crippen LogP contribution in [-0.2, 0) is 19.1 Å². The summed E-state index contributed by atoms with van der Waals surface area (Å²) < 4.78 is 76.1.